The molecule has 1 aliphatic rings. The number of benzene rings is 2. The smallest absolute Gasteiger partial charge is 0.335 e. The van der Waals surface area contributed by atoms with E-state index in [-0.39, 0.29) is 11.4 Å². The summed E-state index contributed by atoms with van der Waals surface area (Å²) < 4.78 is 1.14. The Labute approximate surface area is 159 Å². The van der Waals surface area contributed by atoms with Crippen molar-refractivity contribution in [1.82, 2.24) is 14.5 Å². The lowest BCUT2D eigenvalue weighted by molar-refractivity contribution is -0.690. The number of hydrogen-bond donors (Lipinski definition) is 4. The van der Waals surface area contributed by atoms with Gasteiger partial charge < -0.3 is 15.4 Å². The van der Waals surface area contributed by atoms with E-state index in [4.69, 9.17) is 0 Å². The van der Waals surface area contributed by atoms with Crippen LogP contribution < -0.4 is 16.6 Å². The van der Waals surface area contributed by atoms with Crippen LogP contribution in [0.4, 0.5) is 0 Å². The van der Waals surface area contributed by atoms with Gasteiger partial charge in [0.2, 0.25) is 5.88 Å². The highest BCUT2D eigenvalue weighted by Crippen LogP contribution is 2.32. The first-order valence-corrected chi connectivity index (χ1v) is 9.21. The molecule has 1 atom stereocenters. The Hall–Kier alpha value is -3.58. The first-order chi connectivity index (χ1) is 13.6. The van der Waals surface area contributed by atoms with Gasteiger partial charge in [0.05, 0.1) is 17.9 Å². The van der Waals surface area contributed by atoms with Crippen molar-refractivity contribution in [3.8, 4) is 11.6 Å². The second-order valence-corrected chi connectivity index (χ2v) is 6.98. The number of aromatic amines is 2. The summed E-state index contributed by atoms with van der Waals surface area (Å²) in [5.41, 5.74) is 2.49. The van der Waals surface area contributed by atoms with E-state index in [1.165, 1.54) is 0 Å². The molecule has 0 amide bonds. The van der Waals surface area contributed by atoms with Gasteiger partial charge in [-0.1, -0.05) is 36.4 Å². The van der Waals surface area contributed by atoms with Gasteiger partial charge in [0, 0.05) is 17.3 Å². The molecular weight excluding hydrogens is 356 g/mol. The zero-order chi connectivity index (χ0) is 19.3. The van der Waals surface area contributed by atoms with E-state index in [0.29, 0.717) is 5.69 Å². The van der Waals surface area contributed by atoms with E-state index in [9.17, 15) is 14.7 Å². The topological polar surface area (TPSA) is 107 Å². The molecule has 0 aliphatic carbocycles. The Balaban J connectivity index is 1.76. The molecule has 7 heteroatoms. The zero-order valence-electron chi connectivity index (χ0n) is 15.0. The van der Waals surface area contributed by atoms with Crippen molar-refractivity contribution < 1.29 is 10.4 Å². The van der Waals surface area contributed by atoms with E-state index < -0.39 is 17.3 Å². The maximum Gasteiger partial charge on any atom is 0.335 e. The number of nitrogens with zero attached hydrogens (tertiary/aromatic N) is 1. The third-order valence-electron chi connectivity index (χ3n) is 5.40. The number of hydrogen-bond acceptors (Lipinski definition) is 3. The molecule has 0 saturated carbocycles. The third-order valence-corrected chi connectivity index (χ3v) is 5.40. The quantitative estimate of drug-likeness (QED) is 0.418. The van der Waals surface area contributed by atoms with Crippen molar-refractivity contribution >= 4 is 10.9 Å². The van der Waals surface area contributed by atoms with Crippen LogP contribution in [-0.2, 0) is 6.42 Å². The van der Waals surface area contributed by atoms with Crippen LogP contribution in [0.3, 0.4) is 0 Å². The van der Waals surface area contributed by atoms with Gasteiger partial charge in [0.15, 0.2) is 6.04 Å². The van der Waals surface area contributed by atoms with E-state index in [0.717, 1.165) is 39.7 Å². The first kappa shape index (κ1) is 16.6. The molecule has 28 heavy (non-hydrogen) atoms. The number of aromatic hydroxyl groups is 1. The first-order valence-electron chi connectivity index (χ1n) is 9.21. The molecule has 0 bridgehead atoms. The Bertz CT molecular complexity index is 1300. The van der Waals surface area contributed by atoms with Gasteiger partial charge in [0.25, 0.3) is 5.56 Å². The minimum Gasteiger partial charge on any atom is -0.494 e. The van der Waals surface area contributed by atoms with E-state index >= 15 is 0 Å². The number of nitrogens with one attached hydrogen (secondary N) is 2. The molecule has 0 saturated heterocycles. The standard InChI is InChI=1S/C21H18N4O3/c26-19-16(20(27)25(21(28)24-19)12-6-2-1-3-7-12)18-17-14(10-11-22-18)13-8-4-5-9-15(13)23-17/h1-9,18,22-23,27H,10-11H2,(H,24,26,28)/p+1/t18-/m0/s1. The van der Waals surface area contributed by atoms with Crippen molar-refractivity contribution in [2.75, 3.05) is 6.54 Å². The molecule has 5 N–H and O–H groups in total. The normalized spacial score (nSPS) is 16.2. The third kappa shape index (κ3) is 2.40. The van der Waals surface area contributed by atoms with Gasteiger partial charge in [-0.15, -0.1) is 0 Å². The molecule has 2 aromatic heterocycles. The molecule has 140 valence electrons. The van der Waals surface area contributed by atoms with Gasteiger partial charge in [-0.05, 0) is 23.8 Å². The number of para-hydroxylation sites is 2. The molecule has 0 spiro atoms. The Morgan fingerprint density at radius 3 is 2.57 bits per heavy atom. The number of H-pyrrole nitrogens is 2. The molecule has 2 aromatic carbocycles. The van der Waals surface area contributed by atoms with Gasteiger partial charge in [-0.3, -0.25) is 9.78 Å². The van der Waals surface area contributed by atoms with Gasteiger partial charge in [0.1, 0.15) is 5.56 Å². The van der Waals surface area contributed by atoms with Crippen LogP contribution in [-0.4, -0.2) is 26.2 Å². The SMILES string of the molecule is O=c1[nH]c(=O)n(-c2ccccc2)c(O)c1[C@@H]1[NH2+]CCc2c1[nH]c1ccccc21. The monoisotopic (exact) mass is 375 g/mol. The summed E-state index contributed by atoms with van der Waals surface area (Å²) in [5, 5.41) is 14.1. The summed E-state index contributed by atoms with van der Waals surface area (Å²) in [6, 6.07) is 16.4. The summed E-state index contributed by atoms with van der Waals surface area (Å²) >= 11 is 0. The fraction of sp³-hybridized carbons (Fsp3) is 0.143. The molecule has 0 unspecified atom stereocenters. The highest BCUT2D eigenvalue weighted by molar-refractivity contribution is 5.85. The van der Waals surface area contributed by atoms with Crippen molar-refractivity contribution in [3.63, 3.8) is 0 Å². The number of rotatable bonds is 2. The van der Waals surface area contributed by atoms with Crippen LogP contribution in [0, 0.1) is 0 Å². The molecule has 5 rings (SSSR count). The Morgan fingerprint density at radius 2 is 1.75 bits per heavy atom. The maximum atomic E-state index is 12.7. The van der Waals surface area contributed by atoms with Gasteiger partial charge in [-0.2, -0.15) is 0 Å². The van der Waals surface area contributed by atoms with E-state index in [1.807, 2.05) is 29.6 Å². The predicted molar refractivity (Wildman–Crippen MR) is 105 cm³/mol. The summed E-state index contributed by atoms with van der Waals surface area (Å²) in [6.07, 6.45) is 0.868. The fourth-order valence-corrected chi connectivity index (χ4v) is 4.17. The van der Waals surface area contributed by atoms with Crippen LogP contribution in [0.2, 0.25) is 0 Å². The number of fused-ring (bicyclic) bond motifs is 3. The van der Waals surface area contributed by atoms with Crippen LogP contribution >= 0.6 is 0 Å². The van der Waals surface area contributed by atoms with Gasteiger partial charge in [-0.25, -0.2) is 9.36 Å². The second-order valence-electron chi connectivity index (χ2n) is 6.98. The highest BCUT2D eigenvalue weighted by Gasteiger charge is 2.34. The molecule has 3 heterocycles. The molecule has 7 nitrogen and oxygen atoms in total. The van der Waals surface area contributed by atoms with Crippen LogP contribution in [0.5, 0.6) is 5.88 Å². The van der Waals surface area contributed by atoms with Crippen molar-refractivity contribution in [2.45, 2.75) is 12.5 Å². The summed E-state index contributed by atoms with van der Waals surface area (Å²) in [4.78, 5) is 30.9. The maximum absolute atomic E-state index is 12.7. The van der Waals surface area contributed by atoms with Crippen LogP contribution in [0.25, 0.3) is 16.6 Å². The number of quaternary nitrogens is 1. The minimum absolute atomic E-state index is 0.177. The van der Waals surface area contributed by atoms with Crippen molar-refractivity contribution in [1.29, 1.82) is 0 Å². The summed E-state index contributed by atoms with van der Waals surface area (Å²) in [7, 11) is 0. The fourth-order valence-electron chi connectivity index (χ4n) is 4.17. The summed E-state index contributed by atoms with van der Waals surface area (Å²) in [5.74, 6) is -0.326. The van der Waals surface area contributed by atoms with Crippen LogP contribution in [0.15, 0.2) is 64.2 Å². The average molecular weight is 375 g/mol. The zero-order valence-corrected chi connectivity index (χ0v) is 15.0. The lowest BCUT2D eigenvalue weighted by atomic mass is 9.95. The number of nitrogens with two attached hydrogens (primary N) is 1. The lowest BCUT2D eigenvalue weighted by Crippen LogP contribution is -2.87. The number of aromatic nitrogens is 3. The van der Waals surface area contributed by atoms with Crippen LogP contribution in [0.1, 0.15) is 22.9 Å². The van der Waals surface area contributed by atoms with E-state index in [1.54, 1.807) is 24.3 Å². The molecule has 4 aromatic rings. The Morgan fingerprint density at radius 1 is 1.00 bits per heavy atom. The van der Waals surface area contributed by atoms with E-state index in [2.05, 4.69) is 16.0 Å². The lowest BCUT2D eigenvalue weighted by Gasteiger charge is -2.22. The molecular formula is C21H19N4O3+. The van der Waals surface area contributed by atoms with Gasteiger partial charge >= 0.3 is 5.69 Å². The summed E-state index contributed by atoms with van der Waals surface area (Å²) in [6.45, 7) is 0.781. The van der Waals surface area contributed by atoms with Crippen molar-refractivity contribution in [3.05, 3.63) is 92.3 Å². The molecule has 0 radical (unpaired) electrons. The van der Waals surface area contributed by atoms with Crippen molar-refractivity contribution in [2.24, 2.45) is 0 Å². The average Bonchev–Trinajstić information content (AvgIpc) is 3.08. The molecule has 0 fully saturated rings. The predicted octanol–water partition coefficient (Wildman–Crippen LogP) is 0.922. The largest absolute Gasteiger partial charge is 0.494 e. The second kappa shape index (κ2) is 6.24. The molecule has 1 aliphatic heterocycles. The Kier molecular flexibility index (Phi) is 3.70. The highest BCUT2D eigenvalue weighted by atomic mass is 16.3. The minimum atomic E-state index is -0.662.